The minimum Gasteiger partial charge on any atom is -0.348 e. The van der Waals surface area contributed by atoms with Gasteiger partial charge in [-0.25, -0.2) is 0 Å². The summed E-state index contributed by atoms with van der Waals surface area (Å²) in [6, 6.07) is 8.61. The van der Waals surface area contributed by atoms with Crippen LogP contribution in [0, 0.1) is 29.9 Å². The predicted molar refractivity (Wildman–Crippen MR) is 117 cm³/mol. The molecular weight excluding hydrogens is 406 g/mol. The van der Waals surface area contributed by atoms with Crippen LogP contribution in [0.5, 0.6) is 0 Å². The molecule has 0 aliphatic rings. The molecule has 0 bridgehead atoms. The maximum atomic E-state index is 12.9. The summed E-state index contributed by atoms with van der Waals surface area (Å²) in [6.45, 7) is 9.51. The molecule has 30 heavy (non-hydrogen) atoms. The first-order valence-corrected chi connectivity index (χ1v) is 10.0. The third-order valence-corrected chi connectivity index (χ3v) is 5.22. The van der Waals surface area contributed by atoms with Gasteiger partial charge in [0.15, 0.2) is 0 Å². The number of amides is 2. The van der Waals surface area contributed by atoms with Gasteiger partial charge < -0.3 is 10.6 Å². The van der Waals surface area contributed by atoms with Gasteiger partial charge in [0.2, 0.25) is 5.91 Å². The zero-order valence-electron chi connectivity index (χ0n) is 17.7. The fourth-order valence-electron chi connectivity index (χ4n) is 3.16. The van der Waals surface area contributed by atoms with E-state index < -0.39 is 16.9 Å². The Morgan fingerprint density at radius 2 is 1.70 bits per heavy atom. The number of carbonyl (C=O) groups is 2. The first kappa shape index (κ1) is 23.3. The van der Waals surface area contributed by atoms with Crippen LogP contribution in [0.4, 0.5) is 5.69 Å². The van der Waals surface area contributed by atoms with Crippen LogP contribution in [0.25, 0.3) is 0 Å². The third-order valence-electron chi connectivity index (χ3n) is 4.90. The molecule has 2 amide bonds. The van der Waals surface area contributed by atoms with E-state index in [1.54, 1.807) is 0 Å². The summed E-state index contributed by atoms with van der Waals surface area (Å²) in [5.74, 6) is -1.07. The molecule has 0 fully saturated rings. The van der Waals surface area contributed by atoms with Crippen LogP contribution in [-0.2, 0) is 4.79 Å². The second-order valence-electron chi connectivity index (χ2n) is 7.71. The fraction of sp³-hybridized carbons (Fsp3) is 0.364. The summed E-state index contributed by atoms with van der Waals surface area (Å²) >= 11 is 6.04. The standard InChI is InChI=1S/C22H26ClN3O4/c1-12(2)20(22(28)24-15(5)18-10-13(3)6-7-14(18)4)25-21(27)17-9-8-16(26(29)30)11-19(17)23/h6-12,15,20H,1-5H3,(H,24,28)(H,25,27). The van der Waals surface area contributed by atoms with Gasteiger partial charge in [-0.2, -0.15) is 0 Å². The van der Waals surface area contributed by atoms with Crippen LogP contribution in [0.2, 0.25) is 5.02 Å². The number of hydrogen-bond acceptors (Lipinski definition) is 4. The Labute approximate surface area is 181 Å². The highest BCUT2D eigenvalue weighted by atomic mass is 35.5. The molecule has 0 spiro atoms. The third kappa shape index (κ3) is 5.57. The number of halogens is 1. The molecule has 0 saturated carbocycles. The molecule has 0 saturated heterocycles. The van der Waals surface area contributed by atoms with Crippen molar-refractivity contribution in [1.82, 2.24) is 10.6 Å². The quantitative estimate of drug-likeness (QED) is 0.497. The number of nitro groups is 1. The van der Waals surface area contributed by atoms with E-state index in [1.807, 2.05) is 52.8 Å². The average molecular weight is 432 g/mol. The van der Waals surface area contributed by atoms with E-state index in [-0.39, 0.29) is 34.1 Å². The van der Waals surface area contributed by atoms with Gasteiger partial charge in [0.05, 0.1) is 21.6 Å². The Hall–Kier alpha value is -2.93. The summed E-state index contributed by atoms with van der Waals surface area (Å²) in [4.78, 5) is 35.8. The number of carbonyl (C=O) groups excluding carboxylic acids is 2. The Morgan fingerprint density at radius 1 is 1.03 bits per heavy atom. The average Bonchev–Trinajstić information content (AvgIpc) is 2.67. The first-order chi connectivity index (χ1) is 14.0. The first-order valence-electron chi connectivity index (χ1n) is 9.63. The molecule has 0 heterocycles. The number of nitro benzene ring substituents is 1. The number of nitrogens with one attached hydrogen (secondary N) is 2. The van der Waals surface area contributed by atoms with Gasteiger partial charge in [0.1, 0.15) is 6.04 Å². The van der Waals surface area contributed by atoms with Crippen LogP contribution in [0.15, 0.2) is 36.4 Å². The van der Waals surface area contributed by atoms with E-state index in [2.05, 4.69) is 10.6 Å². The van der Waals surface area contributed by atoms with Crippen LogP contribution in [0.1, 0.15) is 53.9 Å². The van der Waals surface area contributed by atoms with Gasteiger partial charge in [0.25, 0.3) is 11.6 Å². The number of hydrogen-bond donors (Lipinski definition) is 2. The van der Waals surface area contributed by atoms with Crippen LogP contribution >= 0.6 is 11.6 Å². The van der Waals surface area contributed by atoms with Crippen molar-refractivity contribution < 1.29 is 14.5 Å². The van der Waals surface area contributed by atoms with Crippen LogP contribution in [0.3, 0.4) is 0 Å². The molecule has 2 unspecified atom stereocenters. The Bertz CT molecular complexity index is 975. The van der Waals surface area contributed by atoms with Gasteiger partial charge in [0, 0.05) is 12.1 Å². The number of non-ortho nitro benzene ring substituents is 1. The van der Waals surface area contributed by atoms with Crippen molar-refractivity contribution in [2.24, 2.45) is 5.92 Å². The Kier molecular flexibility index (Phi) is 7.56. The zero-order chi connectivity index (χ0) is 22.6. The van der Waals surface area contributed by atoms with E-state index in [4.69, 9.17) is 11.6 Å². The van der Waals surface area contributed by atoms with Gasteiger partial charge in [-0.05, 0) is 43.9 Å². The van der Waals surface area contributed by atoms with Crippen molar-refractivity contribution in [3.05, 3.63) is 73.8 Å². The molecule has 0 aliphatic carbocycles. The number of aryl methyl sites for hydroxylation is 2. The smallest absolute Gasteiger partial charge is 0.270 e. The fourth-order valence-corrected chi connectivity index (χ4v) is 3.42. The summed E-state index contributed by atoms with van der Waals surface area (Å²) in [5.41, 5.74) is 3.03. The topological polar surface area (TPSA) is 101 Å². The van der Waals surface area contributed by atoms with Gasteiger partial charge in [-0.3, -0.25) is 19.7 Å². The van der Waals surface area contributed by atoms with Crippen molar-refractivity contribution in [1.29, 1.82) is 0 Å². The number of rotatable bonds is 7. The normalized spacial score (nSPS) is 12.9. The minimum atomic E-state index is -0.795. The number of nitrogens with zero attached hydrogens (tertiary/aromatic N) is 1. The molecule has 2 aromatic rings. The molecular formula is C22H26ClN3O4. The van der Waals surface area contributed by atoms with Crippen molar-refractivity contribution in [2.75, 3.05) is 0 Å². The molecule has 0 aliphatic heterocycles. The predicted octanol–water partition coefficient (Wildman–Crippen LogP) is 4.50. The highest BCUT2D eigenvalue weighted by Gasteiger charge is 2.27. The minimum absolute atomic E-state index is 0.0478. The van der Waals surface area contributed by atoms with Crippen LogP contribution < -0.4 is 10.6 Å². The van der Waals surface area contributed by atoms with Crippen molar-refractivity contribution in [3.63, 3.8) is 0 Å². The molecule has 160 valence electrons. The van der Waals surface area contributed by atoms with Crippen molar-refractivity contribution in [3.8, 4) is 0 Å². The lowest BCUT2D eigenvalue weighted by atomic mass is 9.98. The lowest BCUT2D eigenvalue weighted by molar-refractivity contribution is -0.384. The van der Waals surface area contributed by atoms with E-state index in [1.165, 1.54) is 12.1 Å². The van der Waals surface area contributed by atoms with E-state index >= 15 is 0 Å². The summed E-state index contributed by atoms with van der Waals surface area (Å²) in [6.07, 6.45) is 0. The summed E-state index contributed by atoms with van der Waals surface area (Å²) in [7, 11) is 0. The van der Waals surface area contributed by atoms with Crippen molar-refractivity contribution >= 4 is 29.1 Å². The number of benzene rings is 2. The largest absolute Gasteiger partial charge is 0.348 e. The molecule has 2 atom stereocenters. The monoisotopic (exact) mass is 431 g/mol. The molecule has 7 nitrogen and oxygen atoms in total. The second kappa shape index (κ2) is 9.71. The highest BCUT2D eigenvalue weighted by molar-refractivity contribution is 6.34. The van der Waals surface area contributed by atoms with E-state index in [0.29, 0.717) is 0 Å². The second-order valence-corrected chi connectivity index (χ2v) is 8.11. The Morgan fingerprint density at radius 3 is 2.27 bits per heavy atom. The van der Waals surface area contributed by atoms with Gasteiger partial charge in [-0.15, -0.1) is 0 Å². The van der Waals surface area contributed by atoms with Gasteiger partial charge >= 0.3 is 0 Å². The summed E-state index contributed by atoms with van der Waals surface area (Å²) in [5, 5.41) is 16.5. The Balaban J connectivity index is 2.17. The highest BCUT2D eigenvalue weighted by Crippen LogP contribution is 2.23. The zero-order valence-corrected chi connectivity index (χ0v) is 18.4. The molecule has 2 rings (SSSR count). The molecule has 0 aromatic heterocycles. The lowest BCUT2D eigenvalue weighted by Crippen LogP contribution is -2.50. The van der Waals surface area contributed by atoms with Gasteiger partial charge in [-0.1, -0.05) is 49.2 Å². The lowest BCUT2D eigenvalue weighted by Gasteiger charge is -2.25. The van der Waals surface area contributed by atoms with E-state index in [9.17, 15) is 19.7 Å². The van der Waals surface area contributed by atoms with E-state index in [0.717, 1.165) is 22.8 Å². The van der Waals surface area contributed by atoms with Crippen molar-refractivity contribution in [2.45, 2.75) is 46.7 Å². The molecule has 2 aromatic carbocycles. The maximum absolute atomic E-state index is 12.9. The molecule has 8 heteroatoms. The maximum Gasteiger partial charge on any atom is 0.270 e. The molecule has 2 N–H and O–H groups in total. The molecule has 0 radical (unpaired) electrons. The SMILES string of the molecule is Cc1ccc(C)c(C(C)NC(=O)C(NC(=O)c2ccc([N+](=O)[O-])cc2Cl)C(C)C)c1. The van der Waals surface area contributed by atoms with Crippen LogP contribution in [-0.4, -0.2) is 22.8 Å². The summed E-state index contributed by atoms with van der Waals surface area (Å²) < 4.78 is 0.